The number of allylic oxidation sites excluding steroid dienone is 1. The van der Waals surface area contributed by atoms with Crippen LogP contribution in [0.25, 0.3) is 6.08 Å². The van der Waals surface area contributed by atoms with Crippen LogP contribution in [0.15, 0.2) is 121 Å². The topological polar surface area (TPSA) is 59.1 Å². The highest BCUT2D eigenvalue weighted by Gasteiger charge is 2.41. The van der Waals surface area contributed by atoms with E-state index in [9.17, 15) is 9.59 Å². The van der Waals surface area contributed by atoms with Crippen molar-refractivity contribution in [1.29, 1.82) is 0 Å². The van der Waals surface area contributed by atoms with Gasteiger partial charge < -0.3 is 9.47 Å². The Bertz CT molecular complexity index is 1560. The van der Waals surface area contributed by atoms with Crippen molar-refractivity contribution in [2.24, 2.45) is 0 Å². The second kappa shape index (κ2) is 12.4. The standard InChI is InChI=1S/C34H28N2O4S/c1-3-13-26-20-25(22-30(39-2)31(26)40-23-24-14-7-4-8-15-24)21-29-32(37)35(27-16-9-5-10-17-27)34(41)36(33(29)38)28-18-11-6-12-19-28/h3-12,14-22H,1,13,23H2,2H3. The molecule has 0 saturated carbocycles. The van der Waals surface area contributed by atoms with Gasteiger partial charge in [-0.05, 0) is 72.2 Å². The van der Waals surface area contributed by atoms with Crippen molar-refractivity contribution >= 4 is 46.6 Å². The molecule has 6 nitrogen and oxygen atoms in total. The van der Waals surface area contributed by atoms with Gasteiger partial charge in [0.05, 0.1) is 18.5 Å². The maximum absolute atomic E-state index is 13.9. The Morgan fingerprint density at radius 1 is 0.805 bits per heavy atom. The third-order valence-electron chi connectivity index (χ3n) is 6.55. The van der Waals surface area contributed by atoms with Crippen molar-refractivity contribution < 1.29 is 19.1 Å². The zero-order valence-corrected chi connectivity index (χ0v) is 23.3. The lowest BCUT2D eigenvalue weighted by molar-refractivity contribution is -0.120. The van der Waals surface area contributed by atoms with Gasteiger partial charge in [0.1, 0.15) is 12.2 Å². The van der Waals surface area contributed by atoms with E-state index < -0.39 is 11.8 Å². The molecule has 204 valence electrons. The highest BCUT2D eigenvalue weighted by atomic mass is 32.1. The van der Waals surface area contributed by atoms with Crippen LogP contribution in [0.5, 0.6) is 11.5 Å². The number of hydrogen-bond acceptors (Lipinski definition) is 5. The van der Waals surface area contributed by atoms with Gasteiger partial charge >= 0.3 is 0 Å². The second-order valence-corrected chi connectivity index (χ2v) is 9.64. The molecule has 0 atom stereocenters. The maximum atomic E-state index is 13.9. The minimum atomic E-state index is -0.507. The Kier molecular flexibility index (Phi) is 8.36. The lowest BCUT2D eigenvalue weighted by Gasteiger charge is -2.36. The van der Waals surface area contributed by atoms with Crippen molar-refractivity contribution in [3.8, 4) is 11.5 Å². The molecule has 1 aliphatic heterocycles. The molecule has 0 bridgehead atoms. The molecule has 2 amide bonds. The third kappa shape index (κ3) is 5.81. The maximum Gasteiger partial charge on any atom is 0.270 e. The summed E-state index contributed by atoms with van der Waals surface area (Å²) in [7, 11) is 1.56. The Morgan fingerprint density at radius 3 is 1.85 bits per heavy atom. The first-order chi connectivity index (χ1) is 20.0. The molecule has 1 heterocycles. The van der Waals surface area contributed by atoms with Gasteiger partial charge in [0.2, 0.25) is 0 Å². The monoisotopic (exact) mass is 560 g/mol. The molecule has 1 aliphatic rings. The number of carbonyl (C=O) groups excluding carboxylic acids is 2. The van der Waals surface area contributed by atoms with Crippen LogP contribution < -0.4 is 19.3 Å². The van der Waals surface area contributed by atoms with Gasteiger partial charge in [-0.2, -0.15) is 0 Å². The summed E-state index contributed by atoms with van der Waals surface area (Å²) in [5, 5.41) is 0.0872. The molecule has 1 fully saturated rings. The number of anilines is 2. The van der Waals surface area contributed by atoms with E-state index in [1.807, 2.05) is 72.8 Å². The molecular formula is C34H28N2O4S. The molecule has 0 unspecified atom stereocenters. The van der Waals surface area contributed by atoms with Crippen LogP contribution in [0.3, 0.4) is 0 Å². The lowest BCUT2D eigenvalue weighted by atomic mass is 10.0. The van der Waals surface area contributed by atoms with Crippen molar-refractivity contribution in [2.75, 3.05) is 16.9 Å². The van der Waals surface area contributed by atoms with E-state index >= 15 is 0 Å². The van der Waals surface area contributed by atoms with Crippen molar-refractivity contribution in [1.82, 2.24) is 0 Å². The number of rotatable bonds is 9. The van der Waals surface area contributed by atoms with Crippen LogP contribution in [-0.4, -0.2) is 24.0 Å². The van der Waals surface area contributed by atoms with Crippen LogP contribution in [-0.2, 0) is 22.6 Å². The zero-order valence-electron chi connectivity index (χ0n) is 22.5. The normalized spacial score (nSPS) is 13.3. The SMILES string of the molecule is C=CCc1cc(C=C2C(=O)N(c3ccccc3)C(=S)N(c3ccccc3)C2=O)cc(OC)c1OCc1ccccc1. The van der Waals surface area contributed by atoms with Crippen LogP contribution in [0.1, 0.15) is 16.7 Å². The molecule has 4 aromatic carbocycles. The largest absolute Gasteiger partial charge is 0.493 e. The summed E-state index contributed by atoms with van der Waals surface area (Å²) in [5.41, 5.74) is 3.54. The fourth-order valence-corrected chi connectivity index (χ4v) is 5.00. The number of hydrogen-bond donors (Lipinski definition) is 0. The number of amides is 2. The smallest absolute Gasteiger partial charge is 0.270 e. The summed E-state index contributed by atoms with van der Waals surface area (Å²) in [4.78, 5) is 30.5. The summed E-state index contributed by atoms with van der Waals surface area (Å²) in [6, 6.07) is 31.6. The minimum absolute atomic E-state index is 0.0316. The number of thiocarbonyl (C=S) groups is 1. The van der Waals surface area contributed by atoms with E-state index in [0.29, 0.717) is 41.5 Å². The number of methoxy groups -OCH3 is 1. The Hall–Kier alpha value is -5.01. The Balaban J connectivity index is 1.59. The van der Waals surface area contributed by atoms with Gasteiger partial charge in [-0.3, -0.25) is 19.4 Å². The van der Waals surface area contributed by atoms with Gasteiger partial charge in [0.15, 0.2) is 16.6 Å². The molecule has 0 aliphatic carbocycles. The van der Waals surface area contributed by atoms with E-state index in [1.165, 1.54) is 9.80 Å². The van der Waals surface area contributed by atoms with E-state index in [-0.39, 0.29) is 10.7 Å². The second-order valence-electron chi connectivity index (χ2n) is 9.27. The quantitative estimate of drug-likeness (QED) is 0.0981. The fourth-order valence-electron chi connectivity index (χ4n) is 4.62. The molecule has 0 N–H and O–H groups in total. The van der Waals surface area contributed by atoms with Gasteiger partial charge in [0.25, 0.3) is 11.8 Å². The summed E-state index contributed by atoms with van der Waals surface area (Å²) in [6.45, 7) is 4.24. The molecular weight excluding hydrogens is 532 g/mol. The molecule has 0 radical (unpaired) electrons. The highest BCUT2D eigenvalue weighted by molar-refractivity contribution is 7.81. The zero-order chi connectivity index (χ0) is 28.8. The fraction of sp³-hybridized carbons (Fsp3) is 0.0882. The first-order valence-corrected chi connectivity index (χ1v) is 13.5. The summed E-state index contributed by atoms with van der Waals surface area (Å²) in [6.07, 6.45) is 3.84. The summed E-state index contributed by atoms with van der Waals surface area (Å²) < 4.78 is 11.9. The molecule has 4 aromatic rings. The van der Waals surface area contributed by atoms with Crippen molar-refractivity contribution in [2.45, 2.75) is 13.0 Å². The summed E-state index contributed by atoms with van der Waals surface area (Å²) in [5.74, 6) is 0.0509. The van der Waals surface area contributed by atoms with Gasteiger partial charge in [-0.25, -0.2) is 0 Å². The molecule has 0 aromatic heterocycles. The summed E-state index contributed by atoms with van der Waals surface area (Å²) >= 11 is 5.70. The van der Waals surface area contributed by atoms with Crippen molar-refractivity contribution in [3.63, 3.8) is 0 Å². The van der Waals surface area contributed by atoms with E-state index in [0.717, 1.165) is 11.1 Å². The van der Waals surface area contributed by atoms with E-state index in [4.69, 9.17) is 21.7 Å². The van der Waals surface area contributed by atoms with Gasteiger partial charge in [0, 0.05) is 5.56 Å². The van der Waals surface area contributed by atoms with Crippen LogP contribution in [0.4, 0.5) is 11.4 Å². The Labute approximate surface area is 244 Å². The molecule has 7 heteroatoms. The first kappa shape index (κ1) is 27.6. The first-order valence-electron chi connectivity index (χ1n) is 13.0. The third-order valence-corrected chi connectivity index (χ3v) is 6.92. The number of para-hydroxylation sites is 2. The van der Waals surface area contributed by atoms with Gasteiger partial charge in [-0.1, -0.05) is 72.8 Å². The molecule has 1 saturated heterocycles. The average molecular weight is 561 g/mol. The molecule has 5 rings (SSSR count). The van der Waals surface area contributed by atoms with Crippen LogP contribution in [0.2, 0.25) is 0 Å². The van der Waals surface area contributed by atoms with E-state index in [1.54, 1.807) is 49.6 Å². The average Bonchev–Trinajstić information content (AvgIpc) is 3.00. The van der Waals surface area contributed by atoms with Crippen LogP contribution >= 0.6 is 12.2 Å². The number of carbonyl (C=O) groups is 2. The van der Waals surface area contributed by atoms with E-state index in [2.05, 4.69) is 6.58 Å². The van der Waals surface area contributed by atoms with Gasteiger partial charge in [-0.15, -0.1) is 6.58 Å². The highest BCUT2D eigenvalue weighted by Crippen LogP contribution is 2.36. The predicted molar refractivity (Wildman–Crippen MR) is 166 cm³/mol. The lowest BCUT2D eigenvalue weighted by Crippen LogP contribution is -2.56. The Morgan fingerprint density at radius 2 is 1.34 bits per heavy atom. The predicted octanol–water partition coefficient (Wildman–Crippen LogP) is 6.75. The van der Waals surface area contributed by atoms with Crippen molar-refractivity contribution in [3.05, 3.63) is 138 Å². The molecule has 41 heavy (non-hydrogen) atoms. The minimum Gasteiger partial charge on any atom is -0.493 e. The number of nitrogens with zero attached hydrogens (tertiary/aromatic N) is 2. The molecule has 0 spiro atoms. The number of benzene rings is 4. The number of ether oxygens (including phenoxy) is 2. The van der Waals surface area contributed by atoms with Crippen LogP contribution in [0, 0.1) is 0 Å².